The van der Waals surface area contributed by atoms with Gasteiger partial charge in [-0.05, 0) is 105 Å². The van der Waals surface area contributed by atoms with E-state index < -0.39 is 5.54 Å². The summed E-state index contributed by atoms with van der Waals surface area (Å²) in [6, 6.07) is 49.1. The van der Waals surface area contributed by atoms with Gasteiger partial charge in [0.2, 0.25) is 0 Å². The third-order valence-electron chi connectivity index (χ3n) is 12.1. The molecule has 1 atom stereocenters. The van der Waals surface area contributed by atoms with Crippen LogP contribution in [0.2, 0.25) is 0 Å². The molecule has 0 bridgehead atoms. The lowest BCUT2D eigenvalue weighted by Crippen LogP contribution is -2.39. The van der Waals surface area contributed by atoms with Crippen LogP contribution in [0.15, 0.2) is 145 Å². The number of imidazole rings is 1. The summed E-state index contributed by atoms with van der Waals surface area (Å²) < 4.78 is 4.37. The van der Waals surface area contributed by atoms with Crippen molar-refractivity contribution in [3.8, 4) is 22.5 Å². The van der Waals surface area contributed by atoms with Gasteiger partial charge in [0.05, 0.1) is 11.7 Å². The van der Waals surface area contributed by atoms with Gasteiger partial charge in [-0.2, -0.15) is 0 Å². The van der Waals surface area contributed by atoms with Gasteiger partial charge in [0.15, 0.2) is 17.3 Å². The largest absolute Gasteiger partial charge is 0.305 e. The summed E-state index contributed by atoms with van der Waals surface area (Å²) in [5, 5.41) is 14.0. The molecule has 0 spiro atoms. The van der Waals surface area contributed by atoms with Crippen LogP contribution in [0.4, 0.5) is 0 Å². The maximum atomic E-state index is 12.5. The Bertz CT molecular complexity index is 2740. The minimum Gasteiger partial charge on any atom is -0.305 e. The minimum absolute atomic E-state index is 0.109. The summed E-state index contributed by atoms with van der Waals surface area (Å²) in [5.41, 5.74) is 12.7. The number of Topliss-reactive ketones (excluding diaryl/α,β-unsaturated/α-hetero) is 1. The molecule has 8 heteroatoms. The van der Waals surface area contributed by atoms with E-state index in [1.54, 1.807) is 0 Å². The molecule has 3 heterocycles. The molecule has 1 fully saturated rings. The predicted octanol–water partition coefficient (Wildman–Crippen LogP) is 10.1. The van der Waals surface area contributed by atoms with Crippen LogP contribution < -0.4 is 0 Å². The normalized spacial score (nSPS) is 16.1. The highest BCUT2D eigenvalue weighted by Gasteiger charge is 2.42. The maximum Gasteiger partial charge on any atom is 0.184 e. The molecule has 2 aliphatic carbocycles. The first kappa shape index (κ1) is 35.6. The monoisotopic (exact) mass is 757 g/mol. The van der Waals surface area contributed by atoms with Crippen molar-refractivity contribution in [2.75, 3.05) is 0 Å². The number of hydrogen-bond acceptors (Lipinski definition) is 6. The average Bonchev–Trinajstić information content (AvgIpc) is 4.09. The number of allylic oxidation sites excluding steroid dienone is 1. The second-order valence-electron chi connectivity index (χ2n) is 15.5. The van der Waals surface area contributed by atoms with Crippen molar-refractivity contribution >= 4 is 23.0 Å². The van der Waals surface area contributed by atoms with Gasteiger partial charge in [-0.25, -0.2) is 14.6 Å². The molecule has 0 N–H and O–H groups in total. The van der Waals surface area contributed by atoms with E-state index in [1.165, 1.54) is 11.1 Å². The standard InChI is InChI=1S/C50H43N7O/c1-3-46-52-47-33(2)30-40(32-36-16-15-25-45(36)58)51-49(47)56(46)44-29-27-35-31-34(26-28-42(35)44)41-23-13-14-24-43(41)48-53-54-55-57(48)50(37-17-7-4-8-18-37,38-19-9-5-10-20-38)39-21-11-6-12-22-39/h4-14,17-24,26,28,30-32,44H,3,15-16,25,27,29H2,1-2H3/b36-32+. The molecule has 0 saturated heterocycles. The Morgan fingerprint density at radius 2 is 1.40 bits per heavy atom. The fourth-order valence-corrected chi connectivity index (χ4v) is 9.45. The highest BCUT2D eigenvalue weighted by molar-refractivity contribution is 6.01. The predicted molar refractivity (Wildman–Crippen MR) is 228 cm³/mol. The van der Waals surface area contributed by atoms with Crippen molar-refractivity contribution in [2.45, 2.75) is 64.0 Å². The van der Waals surface area contributed by atoms with Crippen LogP contribution in [0.1, 0.15) is 83.5 Å². The third kappa shape index (κ3) is 5.82. The summed E-state index contributed by atoms with van der Waals surface area (Å²) in [6.45, 7) is 4.27. The Morgan fingerprint density at radius 1 is 0.741 bits per heavy atom. The fraction of sp³-hybridized carbons (Fsp3) is 0.200. The van der Waals surface area contributed by atoms with Gasteiger partial charge in [0.1, 0.15) is 16.9 Å². The second kappa shape index (κ2) is 14.6. The first-order valence-electron chi connectivity index (χ1n) is 20.3. The lowest BCUT2D eigenvalue weighted by molar-refractivity contribution is -0.114. The lowest BCUT2D eigenvalue weighted by Gasteiger charge is -2.36. The molecule has 8 aromatic rings. The summed E-state index contributed by atoms with van der Waals surface area (Å²) in [6.07, 6.45) is 7.05. The highest BCUT2D eigenvalue weighted by atomic mass is 16.1. The summed E-state index contributed by atoms with van der Waals surface area (Å²) >= 11 is 0. The van der Waals surface area contributed by atoms with Crippen LogP contribution in [-0.2, 0) is 23.2 Å². The summed E-state index contributed by atoms with van der Waals surface area (Å²) in [7, 11) is 0. The number of fused-ring (bicyclic) bond motifs is 2. The minimum atomic E-state index is -0.860. The number of rotatable bonds is 9. The molecule has 0 amide bonds. The molecule has 2 aliphatic rings. The smallest absolute Gasteiger partial charge is 0.184 e. The number of tetrazole rings is 1. The quantitative estimate of drug-likeness (QED) is 0.108. The van der Waals surface area contributed by atoms with E-state index in [0.717, 1.165) is 99.3 Å². The van der Waals surface area contributed by atoms with Gasteiger partial charge in [-0.1, -0.05) is 140 Å². The number of ketones is 1. The van der Waals surface area contributed by atoms with Crippen LogP contribution in [0.5, 0.6) is 0 Å². The van der Waals surface area contributed by atoms with Gasteiger partial charge >= 0.3 is 0 Å². The number of carbonyl (C=O) groups excluding carboxylic acids is 1. The zero-order chi connectivity index (χ0) is 39.2. The molecule has 8 nitrogen and oxygen atoms in total. The Balaban J connectivity index is 1.09. The molecule has 10 rings (SSSR count). The lowest BCUT2D eigenvalue weighted by atomic mass is 9.77. The Morgan fingerprint density at radius 3 is 2.03 bits per heavy atom. The van der Waals surface area contributed by atoms with Gasteiger partial charge in [0, 0.05) is 18.4 Å². The van der Waals surface area contributed by atoms with Crippen molar-refractivity contribution in [1.82, 2.24) is 34.7 Å². The van der Waals surface area contributed by atoms with Crippen molar-refractivity contribution in [1.29, 1.82) is 0 Å². The van der Waals surface area contributed by atoms with Gasteiger partial charge in [-0.3, -0.25) is 4.79 Å². The first-order valence-corrected chi connectivity index (χ1v) is 20.3. The molecule has 1 unspecified atom stereocenters. The molecule has 3 aromatic heterocycles. The van der Waals surface area contributed by atoms with Gasteiger partial charge in [-0.15, -0.1) is 5.10 Å². The van der Waals surface area contributed by atoms with E-state index in [1.807, 2.05) is 29.0 Å². The van der Waals surface area contributed by atoms with Crippen LogP contribution in [0, 0.1) is 6.92 Å². The van der Waals surface area contributed by atoms with E-state index in [0.29, 0.717) is 12.2 Å². The Labute approximate surface area is 338 Å². The van der Waals surface area contributed by atoms with Gasteiger partial charge < -0.3 is 4.57 Å². The molecule has 0 aliphatic heterocycles. The van der Waals surface area contributed by atoms with Crippen LogP contribution in [-0.4, -0.2) is 40.5 Å². The number of aryl methyl sites for hydroxylation is 3. The summed E-state index contributed by atoms with van der Waals surface area (Å²) in [4.78, 5) is 22.8. The highest BCUT2D eigenvalue weighted by Crippen LogP contribution is 2.45. The zero-order valence-electron chi connectivity index (χ0n) is 32.7. The number of aromatic nitrogens is 7. The first-order chi connectivity index (χ1) is 28.5. The molecule has 284 valence electrons. The van der Waals surface area contributed by atoms with E-state index in [2.05, 4.69) is 145 Å². The van der Waals surface area contributed by atoms with Gasteiger partial charge in [0.25, 0.3) is 0 Å². The topological polar surface area (TPSA) is 91.4 Å². The van der Waals surface area contributed by atoms with E-state index in [-0.39, 0.29) is 11.8 Å². The molecule has 0 radical (unpaired) electrons. The fourth-order valence-electron chi connectivity index (χ4n) is 9.45. The second-order valence-corrected chi connectivity index (χ2v) is 15.5. The van der Waals surface area contributed by atoms with Crippen molar-refractivity contribution < 1.29 is 4.79 Å². The molecule has 5 aromatic carbocycles. The third-order valence-corrected chi connectivity index (χ3v) is 12.1. The van der Waals surface area contributed by atoms with E-state index in [9.17, 15) is 4.79 Å². The maximum absolute atomic E-state index is 12.5. The number of nitrogens with zero attached hydrogens (tertiary/aromatic N) is 7. The van der Waals surface area contributed by atoms with Crippen LogP contribution in [0.25, 0.3) is 39.8 Å². The number of benzene rings is 5. The summed E-state index contributed by atoms with van der Waals surface area (Å²) in [5.74, 6) is 1.95. The molecule has 58 heavy (non-hydrogen) atoms. The number of pyridine rings is 1. The van der Waals surface area contributed by atoms with Crippen LogP contribution >= 0.6 is 0 Å². The number of hydrogen-bond donors (Lipinski definition) is 0. The zero-order valence-corrected chi connectivity index (χ0v) is 32.7. The molecular formula is C50H43N7O. The Kier molecular flexibility index (Phi) is 8.97. The Hall–Kier alpha value is -6.80. The molecular weight excluding hydrogens is 715 g/mol. The van der Waals surface area contributed by atoms with Crippen molar-refractivity contribution in [2.24, 2.45) is 0 Å². The van der Waals surface area contributed by atoms with Crippen molar-refractivity contribution in [3.05, 3.63) is 190 Å². The molecule has 1 saturated carbocycles. The van der Waals surface area contributed by atoms with E-state index >= 15 is 0 Å². The van der Waals surface area contributed by atoms with Crippen LogP contribution in [0.3, 0.4) is 0 Å². The average molecular weight is 758 g/mol. The number of carbonyl (C=O) groups is 1. The van der Waals surface area contributed by atoms with Crippen molar-refractivity contribution in [3.63, 3.8) is 0 Å². The SMILES string of the molecule is CCc1nc2c(C)cc(/C=C3\CCCC3=O)nc2n1C1CCc2cc(-c3ccccc3-c3nnnn3C(c3ccccc3)(c3ccccc3)c3ccccc3)ccc21. The van der Waals surface area contributed by atoms with E-state index in [4.69, 9.17) is 20.3 Å².